The summed E-state index contributed by atoms with van der Waals surface area (Å²) in [5.41, 5.74) is 2.50. The monoisotopic (exact) mass is 400 g/mol. The fraction of sp³-hybridized carbons (Fsp3) is 0.125. The molecule has 1 saturated heterocycles. The number of hydrogen-bond acceptors (Lipinski definition) is 5. The van der Waals surface area contributed by atoms with Gasteiger partial charge in [-0.25, -0.2) is 0 Å². The Kier molecular flexibility index (Phi) is 5.06. The molecule has 2 aromatic carbocycles. The predicted octanol–water partition coefficient (Wildman–Crippen LogP) is 4.02. The van der Waals surface area contributed by atoms with E-state index in [1.807, 2.05) is 19.1 Å². The molecule has 0 aliphatic carbocycles. The first kappa shape index (κ1) is 19.4. The highest BCUT2D eigenvalue weighted by atomic mass is 16.5. The van der Waals surface area contributed by atoms with E-state index in [1.54, 1.807) is 67.9 Å². The lowest BCUT2D eigenvalue weighted by molar-refractivity contribution is -0.132. The number of aliphatic hydroxyl groups excluding tert-OH is 1. The number of ketones is 1. The molecule has 4 rings (SSSR count). The molecule has 1 aliphatic rings. The summed E-state index contributed by atoms with van der Waals surface area (Å²) in [5.74, 6) is -1.06. The van der Waals surface area contributed by atoms with Crippen molar-refractivity contribution in [2.45, 2.75) is 13.0 Å². The predicted molar refractivity (Wildman–Crippen MR) is 113 cm³/mol. The molecular weight excluding hydrogens is 380 g/mol. The molecule has 30 heavy (non-hydrogen) atoms. The Hall–Kier alpha value is -3.93. The molecule has 3 aromatic rings. The summed E-state index contributed by atoms with van der Waals surface area (Å²) in [7, 11) is 1.55. The van der Waals surface area contributed by atoms with Crippen LogP contribution in [0.3, 0.4) is 0 Å². The van der Waals surface area contributed by atoms with Crippen molar-refractivity contribution in [3.63, 3.8) is 0 Å². The maximum Gasteiger partial charge on any atom is 0.300 e. The van der Waals surface area contributed by atoms with Crippen molar-refractivity contribution in [1.29, 1.82) is 0 Å². The van der Waals surface area contributed by atoms with Gasteiger partial charge in [0.2, 0.25) is 0 Å². The number of aromatic nitrogens is 1. The molecule has 1 fully saturated rings. The van der Waals surface area contributed by atoms with Crippen molar-refractivity contribution < 1.29 is 19.4 Å². The van der Waals surface area contributed by atoms with Crippen LogP contribution < -0.4 is 9.64 Å². The fourth-order valence-electron chi connectivity index (χ4n) is 3.53. The number of nitrogens with zero attached hydrogens (tertiary/aromatic N) is 2. The van der Waals surface area contributed by atoms with Crippen LogP contribution in [0.4, 0.5) is 5.69 Å². The Bertz CT molecular complexity index is 1120. The average Bonchev–Trinajstić information content (AvgIpc) is 3.05. The van der Waals surface area contributed by atoms with Crippen LogP contribution in [0.1, 0.15) is 22.9 Å². The van der Waals surface area contributed by atoms with Gasteiger partial charge >= 0.3 is 0 Å². The van der Waals surface area contributed by atoms with Gasteiger partial charge < -0.3 is 9.84 Å². The third-order valence-electron chi connectivity index (χ3n) is 5.09. The minimum absolute atomic E-state index is 0.0124. The fourth-order valence-corrected chi connectivity index (χ4v) is 3.53. The van der Waals surface area contributed by atoms with Crippen LogP contribution in [0.25, 0.3) is 5.76 Å². The molecule has 0 saturated carbocycles. The standard InChI is InChI=1S/C24H20N2O4/c1-15-6-8-16(9-7-15)22(27)20-21(19-5-3-4-14-25-19)26(24(29)23(20)28)17-10-12-18(30-2)13-11-17/h3-14,21,27H,1-2H3/b22-20-. The van der Waals surface area contributed by atoms with E-state index >= 15 is 0 Å². The number of anilines is 1. The zero-order valence-corrected chi connectivity index (χ0v) is 16.6. The number of hydrogen-bond donors (Lipinski definition) is 1. The number of ether oxygens (including phenoxy) is 1. The molecule has 0 radical (unpaired) electrons. The lowest BCUT2D eigenvalue weighted by Gasteiger charge is -2.24. The van der Waals surface area contributed by atoms with Crippen LogP contribution in [-0.2, 0) is 9.59 Å². The molecule has 150 valence electrons. The molecule has 1 atom stereocenters. The molecule has 0 bridgehead atoms. The van der Waals surface area contributed by atoms with E-state index < -0.39 is 17.7 Å². The van der Waals surface area contributed by atoms with E-state index in [2.05, 4.69) is 4.98 Å². The van der Waals surface area contributed by atoms with Gasteiger partial charge in [0, 0.05) is 17.4 Å². The smallest absolute Gasteiger partial charge is 0.300 e. The van der Waals surface area contributed by atoms with Gasteiger partial charge in [0.05, 0.1) is 18.4 Å². The molecule has 6 nitrogen and oxygen atoms in total. The number of rotatable bonds is 4. The zero-order valence-electron chi connectivity index (χ0n) is 16.6. The lowest BCUT2D eigenvalue weighted by Crippen LogP contribution is -2.29. The minimum Gasteiger partial charge on any atom is -0.507 e. The third kappa shape index (κ3) is 3.33. The summed E-state index contributed by atoms with van der Waals surface area (Å²) in [4.78, 5) is 31.8. The van der Waals surface area contributed by atoms with Gasteiger partial charge in [-0.1, -0.05) is 35.9 Å². The molecule has 1 amide bonds. The minimum atomic E-state index is -0.846. The van der Waals surface area contributed by atoms with E-state index in [-0.39, 0.29) is 11.3 Å². The van der Waals surface area contributed by atoms with Crippen molar-refractivity contribution in [3.05, 3.63) is 95.3 Å². The second-order valence-electron chi connectivity index (χ2n) is 6.99. The molecule has 1 unspecified atom stereocenters. The van der Waals surface area contributed by atoms with Crippen LogP contribution >= 0.6 is 0 Å². The van der Waals surface area contributed by atoms with Crippen molar-refractivity contribution in [1.82, 2.24) is 4.98 Å². The molecular formula is C24H20N2O4. The summed E-state index contributed by atoms with van der Waals surface area (Å²) in [6.45, 7) is 1.93. The van der Waals surface area contributed by atoms with Crippen molar-refractivity contribution in [2.24, 2.45) is 0 Å². The van der Waals surface area contributed by atoms with Crippen LogP contribution in [-0.4, -0.2) is 28.9 Å². The highest BCUT2D eigenvalue weighted by Crippen LogP contribution is 2.41. The number of Topliss-reactive ketones (excluding diaryl/α,β-unsaturated/α-hetero) is 1. The average molecular weight is 400 g/mol. The summed E-state index contributed by atoms with van der Waals surface area (Å²) in [6.07, 6.45) is 1.59. The molecule has 1 aromatic heterocycles. The first-order valence-electron chi connectivity index (χ1n) is 9.44. The number of aryl methyl sites for hydroxylation is 1. The van der Waals surface area contributed by atoms with Crippen LogP contribution in [0.5, 0.6) is 5.75 Å². The third-order valence-corrected chi connectivity index (χ3v) is 5.09. The van der Waals surface area contributed by atoms with E-state index in [4.69, 9.17) is 4.74 Å². The summed E-state index contributed by atoms with van der Waals surface area (Å²) in [6, 6.07) is 18.4. The maximum absolute atomic E-state index is 13.0. The number of carbonyl (C=O) groups is 2. The van der Waals surface area contributed by atoms with Crippen LogP contribution in [0, 0.1) is 6.92 Å². The van der Waals surface area contributed by atoms with Gasteiger partial charge in [0.1, 0.15) is 17.6 Å². The summed E-state index contributed by atoms with van der Waals surface area (Å²) in [5, 5.41) is 11.0. The van der Waals surface area contributed by atoms with E-state index in [1.165, 1.54) is 4.90 Å². The number of benzene rings is 2. The first-order chi connectivity index (χ1) is 14.5. The Morgan fingerprint density at radius 1 is 1.00 bits per heavy atom. The maximum atomic E-state index is 13.0. The van der Waals surface area contributed by atoms with E-state index in [9.17, 15) is 14.7 Å². The van der Waals surface area contributed by atoms with Gasteiger partial charge in [-0.15, -0.1) is 0 Å². The number of methoxy groups -OCH3 is 1. The number of pyridine rings is 1. The normalized spacial score (nSPS) is 17.9. The Morgan fingerprint density at radius 2 is 1.70 bits per heavy atom. The van der Waals surface area contributed by atoms with Gasteiger partial charge in [-0.3, -0.25) is 19.5 Å². The van der Waals surface area contributed by atoms with Crippen molar-refractivity contribution in [3.8, 4) is 5.75 Å². The zero-order chi connectivity index (χ0) is 21.3. The lowest BCUT2D eigenvalue weighted by atomic mass is 9.97. The molecule has 6 heteroatoms. The molecule has 1 N–H and O–H groups in total. The summed E-state index contributed by atoms with van der Waals surface area (Å²) >= 11 is 0. The highest BCUT2D eigenvalue weighted by Gasteiger charge is 2.47. The quantitative estimate of drug-likeness (QED) is 0.406. The molecule has 1 aliphatic heterocycles. The van der Waals surface area contributed by atoms with Gasteiger partial charge in [0.25, 0.3) is 11.7 Å². The van der Waals surface area contributed by atoms with Crippen LogP contribution in [0.15, 0.2) is 78.5 Å². The number of carbonyl (C=O) groups excluding carboxylic acids is 2. The van der Waals surface area contributed by atoms with E-state index in [0.717, 1.165) is 5.56 Å². The second kappa shape index (κ2) is 7.83. The highest BCUT2D eigenvalue weighted by molar-refractivity contribution is 6.51. The second-order valence-corrected chi connectivity index (χ2v) is 6.99. The number of aliphatic hydroxyl groups is 1. The Balaban J connectivity index is 1.90. The number of amides is 1. The molecule has 0 spiro atoms. The van der Waals surface area contributed by atoms with Crippen LogP contribution in [0.2, 0.25) is 0 Å². The summed E-state index contributed by atoms with van der Waals surface area (Å²) < 4.78 is 5.19. The topological polar surface area (TPSA) is 79.7 Å². The van der Waals surface area contributed by atoms with Gasteiger partial charge in [0.15, 0.2) is 0 Å². The van der Waals surface area contributed by atoms with Crippen molar-refractivity contribution >= 4 is 23.1 Å². The van der Waals surface area contributed by atoms with E-state index in [0.29, 0.717) is 22.7 Å². The largest absolute Gasteiger partial charge is 0.507 e. The molecule has 2 heterocycles. The van der Waals surface area contributed by atoms with Crippen molar-refractivity contribution in [2.75, 3.05) is 12.0 Å². The Morgan fingerprint density at radius 3 is 2.30 bits per heavy atom. The first-order valence-corrected chi connectivity index (χ1v) is 9.44. The Labute approximate surface area is 174 Å². The van der Waals surface area contributed by atoms with Gasteiger partial charge in [-0.2, -0.15) is 0 Å². The van der Waals surface area contributed by atoms with Gasteiger partial charge in [-0.05, 0) is 43.3 Å². The SMILES string of the molecule is COc1ccc(N2C(=O)C(=O)/C(=C(\O)c3ccc(C)cc3)C2c2ccccn2)cc1.